The van der Waals surface area contributed by atoms with Gasteiger partial charge in [0.1, 0.15) is 0 Å². The lowest BCUT2D eigenvalue weighted by Crippen LogP contribution is -2.04. The first kappa shape index (κ1) is 21.7. The molecule has 1 rings (SSSR count). The van der Waals surface area contributed by atoms with Gasteiger partial charge in [-0.25, -0.2) is 0 Å². The first-order valence-electron chi connectivity index (χ1n) is 8.70. The van der Waals surface area contributed by atoms with Gasteiger partial charge in [0.05, 0.1) is 36.9 Å². The summed E-state index contributed by atoms with van der Waals surface area (Å²) in [5, 5.41) is 30.2. The average molecular weight is 369 g/mol. The molecule has 0 aliphatic heterocycles. The standard InChI is InChI=1S/C18H27NO7/c1-25-16-11-13(14(19(23)24)12-17(16)26-2)15(20)9-7-5-3-4-6-8-10-18(21)22/h11-12,15,20H,3-10H2,1-2H3,(H,21,22). The predicted molar refractivity (Wildman–Crippen MR) is 95.7 cm³/mol. The number of aliphatic carboxylic acids is 1. The maximum absolute atomic E-state index is 11.3. The maximum Gasteiger partial charge on any atom is 0.303 e. The SMILES string of the molecule is COc1cc(C(O)CCCCCCCCC(=O)O)c([N+](=O)[O-])cc1OC. The van der Waals surface area contributed by atoms with Crippen LogP contribution in [0.4, 0.5) is 5.69 Å². The van der Waals surface area contributed by atoms with E-state index in [2.05, 4.69) is 0 Å². The lowest BCUT2D eigenvalue weighted by molar-refractivity contribution is -0.386. The van der Waals surface area contributed by atoms with Gasteiger partial charge < -0.3 is 19.7 Å². The maximum atomic E-state index is 11.3. The van der Waals surface area contributed by atoms with E-state index in [1.807, 2.05) is 0 Å². The minimum absolute atomic E-state index is 0.191. The minimum Gasteiger partial charge on any atom is -0.493 e. The number of carboxylic acid groups (broad SMARTS) is 1. The largest absolute Gasteiger partial charge is 0.493 e. The summed E-state index contributed by atoms with van der Waals surface area (Å²) in [6, 6.07) is 2.72. The molecule has 0 radical (unpaired) electrons. The number of benzene rings is 1. The molecule has 0 aliphatic rings. The molecular weight excluding hydrogens is 342 g/mol. The van der Waals surface area contributed by atoms with E-state index in [1.165, 1.54) is 26.4 Å². The van der Waals surface area contributed by atoms with Crippen LogP contribution in [0, 0.1) is 10.1 Å². The van der Waals surface area contributed by atoms with Gasteiger partial charge >= 0.3 is 5.97 Å². The van der Waals surface area contributed by atoms with Crippen LogP contribution in [0.5, 0.6) is 11.5 Å². The molecule has 0 saturated heterocycles. The van der Waals surface area contributed by atoms with E-state index in [-0.39, 0.29) is 23.4 Å². The van der Waals surface area contributed by atoms with Crippen LogP contribution in [0.25, 0.3) is 0 Å². The van der Waals surface area contributed by atoms with Crippen LogP contribution >= 0.6 is 0 Å². The van der Waals surface area contributed by atoms with Crippen molar-refractivity contribution < 1.29 is 29.4 Å². The monoisotopic (exact) mass is 369 g/mol. The Kier molecular flexibility index (Phi) is 9.43. The van der Waals surface area contributed by atoms with Crippen LogP contribution in [-0.4, -0.2) is 35.3 Å². The Labute approximate surface area is 152 Å². The summed E-state index contributed by atoms with van der Waals surface area (Å²) >= 11 is 0. The smallest absolute Gasteiger partial charge is 0.303 e. The fraction of sp³-hybridized carbons (Fsp3) is 0.611. The van der Waals surface area contributed by atoms with E-state index < -0.39 is 17.0 Å². The Morgan fingerprint density at radius 3 is 2.15 bits per heavy atom. The molecule has 26 heavy (non-hydrogen) atoms. The van der Waals surface area contributed by atoms with Crippen LogP contribution in [0.2, 0.25) is 0 Å². The van der Waals surface area contributed by atoms with Crippen molar-refractivity contribution in [1.29, 1.82) is 0 Å². The van der Waals surface area contributed by atoms with E-state index in [9.17, 15) is 20.0 Å². The summed E-state index contributed by atoms with van der Waals surface area (Å²) < 4.78 is 10.2. The summed E-state index contributed by atoms with van der Waals surface area (Å²) in [5.74, 6) is -0.188. The van der Waals surface area contributed by atoms with Crippen LogP contribution in [0.1, 0.15) is 63.0 Å². The Balaban J connectivity index is 2.54. The molecule has 0 aromatic heterocycles. The summed E-state index contributed by atoms with van der Waals surface area (Å²) in [7, 11) is 2.83. The van der Waals surface area contributed by atoms with Crippen molar-refractivity contribution in [3.05, 3.63) is 27.8 Å². The molecule has 0 spiro atoms. The number of nitro groups is 1. The highest BCUT2D eigenvalue weighted by atomic mass is 16.6. The first-order valence-corrected chi connectivity index (χ1v) is 8.70. The van der Waals surface area contributed by atoms with Crippen molar-refractivity contribution in [2.24, 2.45) is 0 Å². The van der Waals surface area contributed by atoms with Crippen LogP contribution in [0.15, 0.2) is 12.1 Å². The lowest BCUT2D eigenvalue weighted by atomic mass is 9.99. The third-order valence-electron chi connectivity index (χ3n) is 4.21. The number of nitrogens with zero attached hydrogens (tertiary/aromatic N) is 1. The van der Waals surface area contributed by atoms with Gasteiger partial charge in [-0.3, -0.25) is 14.9 Å². The number of unbranched alkanes of at least 4 members (excludes halogenated alkanes) is 5. The van der Waals surface area contributed by atoms with Crippen LogP contribution in [-0.2, 0) is 4.79 Å². The second-order valence-corrected chi connectivity index (χ2v) is 6.09. The molecule has 8 nitrogen and oxygen atoms in total. The average Bonchev–Trinajstić information content (AvgIpc) is 2.61. The van der Waals surface area contributed by atoms with Crippen molar-refractivity contribution in [2.45, 2.75) is 57.5 Å². The Morgan fingerprint density at radius 2 is 1.62 bits per heavy atom. The van der Waals surface area contributed by atoms with Gasteiger partial charge in [0.25, 0.3) is 5.69 Å². The van der Waals surface area contributed by atoms with Gasteiger partial charge in [0, 0.05) is 6.42 Å². The number of carboxylic acids is 1. The summed E-state index contributed by atoms with van der Waals surface area (Å²) in [6.07, 6.45) is 4.69. The van der Waals surface area contributed by atoms with Gasteiger partial charge in [0.2, 0.25) is 0 Å². The highest BCUT2D eigenvalue weighted by Gasteiger charge is 2.24. The molecule has 0 heterocycles. The highest BCUT2D eigenvalue weighted by Crippen LogP contribution is 2.38. The van der Waals surface area contributed by atoms with Gasteiger partial charge in [-0.05, 0) is 18.9 Å². The van der Waals surface area contributed by atoms with Crippen molar-refractivity contribution in [1.82, 2.24) is 0 Å². The van der Waals surface area contributed by atoms with E-state index in [1.54, 1.807) is 0 Å². The fourth-order valence-corrected chi connectivity index (χ4v) is 2.79. The van der Waals surface area contributed by atoms with Gasteiger partial charge in [-0.15, -0.1) is 0 Å². The third-order valence-corrected chi connectivity index (χ3v) is 4.21. The number of carbonyl (C=O) groups is 1. The lowest BCUT2D eigenvalue weighted by Gasteiger charge is -2.14. The molecule has 0 bridgehead atoms. The van der Waals surface area contributed by atoms with Gasteiger partial charge in [-0.2, -0.15) is 0 Å². The fourth-order valence-electron chi connectivity index (χ4n) is 2.79. The molecule has 0 fully saturated rings. The molecule has 146 valence electrons. The molecule has 8 heteroatoms. The summed E-state index contributed by atoms with van der Waals surface area (Å²) in [6.45, 7) is 0. The van der Waals surface area contributed by atoms with Crippen molar-refractivity contribution in [2.75, 3.05) is 14.2 Å². The van der Waals surface area contributed by atoms with Crippen molar-refractivity contribution in [3.63, 3.8) is 0 Å². The number of ether oxygens (including phenoxy) is 2. The predicted octanol–water partition coefficient (Wildman–Crippen LogP) is 3.85. The van der Waals surface area contributed by atoms with E-state index >= 15 is 0 Å². The number of hydrogen-bond acceptors (Lipinski definition) is 6. The molecule has 1 unspecified atom stereocenters. The Bertz CT molecular complexity index is 603. The number of methoxy groups -OCH3 is 2. The molecular formula is C18H27NO7. The third kappa shape index (κ3) is 6.87. The number of nitro benzene ring substituents is 1. The van der Waals surface area contributed by atoms with Gasteiger partial charge in [0.15, 0.2) is 11.5 Å². The molecule has 2 N–H and O–H groups in total. The summed E-state index contributed by atoms with van der Waals surface area (Å²) in [5.41, 5.74) is 0.0259. The molecule has 1 aromatic carbocycles. The van der Waals surface area contributed by atoms with E-state index in [0.29, 0.717) is 18.6 Å². The number of aliphatic hydroxyl groups excluding tert-OH is 1. The first-order chi connectivity index (χ1) is 12.4. The Morgan fingerprint density at radius 1 is 1.08 bits per heavy atom. The van der Waals surface area contributed by atoms with Crippen molar-refractivity contribution >= 4 is 11.7 Å². The minimum atomic E-state index is -0.956. The molecule has 0 saturated carbocycles. The second kappa shape index (κ2) is 11.3. The number of rotatable bonds is 13. The number of aliphatic hydroxyl groups is 1. The molecule has 0 amide bonds. The van der Waals surface area contributed by atoms with Crippen LogP contribution in [0.3, 0.4) is 0 Å². The van der Waals surface area contributed by atoms with Crippen LogP contribution < -0.4 is 9.47 Å². The quantitative estimate of drug-likeness (QED) is 0.308. The molecule has 1 atom stereocenters. The highest BCUT2D eigenvalue weighted by molar-refractivity contribution is 5.66. The Hall–Kier alpha value is -2.35. The molecule has 1 aromatic rings. The molecule has 0 aliphatic carbocycles. The second-order valence-electron chi connectivity index (χ2n) is 6.09. The zero-order valence-electron chi connectivity index (χ0n) is 15.3. The summed E-state index contributed by atoms with van der Waals surface area (Å²) in [4.78, 5) is 21.1. The number of hydrogen-bond donors (Lipinski definition) is 2. The van der Waals surface area contributed by atoms with E-state index in [4.69, 9.17) is 14.6 Å². The van der Waals surface area contributed by atoms with Gasteiger partial charge in [-0.1, -0.05) is 32.1 Å². The topological polar surface area (TPSA) is 119 Å². The zero-order valence-corrected chi connectivity index (χ0v) is 15.3. The normalized spacial score (nSPS) is 11.8. The van der Waals surface area contributed by atoms with Crippen molar-refractivity contribution in [3.8, 4) is 11.5 Å². The van der Waals surface area contributed by atoms with E-state index in [0.717, 1.165) is 32.1 Å². The zero-order chi connectivity index (χ0) is 19.5.